The SMILES string of the molecule is CC(=O)Nc1ccc(CCCCCCc2ccccc2)cc1.O=C=O. The first-order valence-electron chi connectivity index (χ1n) is 8.55. The first-order valence-corrected chi connectivity index (χ1v) is 8.55. The van der Waals surface area contributed by atoms with Gasteiger partial charge in [0.2, 0.25) is 5.91 Å². The van der Waals surface area contributed by atoms with E-state index in [4.69, 9.17) is 9.59 Å². The maximum Gasteiger partial charge on any atom is 0.373 e. The van der Waals surface area contributed by atoms with Crippen molar-refractivity contribution in [2.75, 3.05) is 5.32 Å². The summed E-state index contributed by atoms with van der Waals surface area (Å²) < 4.78 is 0. The average Bonchev–Trinajstić information content (AvgIpc) is 2.60. The number of rotatable bonds is 8. The van der Waals surface area contributed by atoms with Crippen molar-refractivity contribution in [3.8, 4) is 0 Å². The van der Waals surface area contributed by atoms with E-state index in [1.165, 1.54) is 50.2 Å². The van der Waals surface area contributed by atoms with Gasteiger partial charge in [0.1, 0.15) is 0 Å². The molecule has 0 saturated carbocycles. The second-order valence-corrected chi connectivity index (χ2v) is 5.86. The van der Waals surface area contributed by atoms with E-state index in [9.17, 15) is 4.79 Å². The summed E-state index contributed by atoms with van der Waals surface area (Å²) in [5.41, 5.74) is 3.66. The molecule has 0 aliphatic rings. The van der Waals surface area contributed by atoms with Crippen molar-refractivity contribution in [2.45, 2.75) is 45.4 Å². The number of carbonyl (C=O) groups excluding carboxylic acids is 3. The summed E-state index contributed by atoms with van der Waals surface area (Å²) in [6, 6.07) is 18.9. The van der Waals surface area contributed by atoms with E-state index >= 15 is 0 Å². The standard InChI is InChI=1S/C20H25NO.CO2/c1-17(22)21-20-15-13-19(14-16-20)12-6-3-2-5-9-18-10-7-4-8-11-18;2-1-3/h4,7-8,10-11,13-16H,2-3,5-6,9,12H2,1H3,(H,21,22);. The van der Waals surface area contributed by atoms with Gasteiger partial charge in [-0.3, -0.25) is 4.79 Å². The fraction of sp³-hybridized carbons (Fsp3) is 0.333. The number of hydrogen-bond acceptors (Lipinski definition) is 3. The lowest BCUT2D eigenvalue weighted by Gasteiger charge is -2.05. The fourth-order valence-electron chi connectivity index (χ4n) is 2.61. The molecule has 0 aliphatic carbocycles. The number of amides is 1. The molecule has 0 aliphatic heterocycles. The first kappa shape index (κ1) is 20.3. The van der Waals surface area contributed by atoms with E-state index in [0.29, 0.717) is 0 Å². The van der Waals surface area contributed by atoms with Crippen LogP contribution < -0.4 is 5.32 Å². The van der Waals surface area contributed by atoms with Crippen LogP contribution >= 0.6 is 0 Å². The van der Waals surface area contributed by atoms with Gasteiger partial charge in [0, 0.05) is 12.6 Å². The van der Waals surface area contributed by atoms with E-state index in [2.05, 4.69) is 47.8 Å². The number of aryl methyl sites for hydroxylation is 2. The number of carbonyl (C=O) groups is 1. The van der Waals surface area contributed by atoms with Crippen LogP contribution in [0.25, 0.3) is 0 Å². The number of nitrogens with one attached hydrogen (secondary N) is 1. The van der Waals surface area contributed by atoms with Crippen LogP contribution in [0.3, 0.4) is 0 Å². The molecule has 4 nitrogen and oxygen atoms in total. The van der Waals surface area contributed by atoms with Crippen LogP contribution in [0.4, 0.5) is 5.69 Å². The third kappa shape index (κ3) is 9.90. The predicted molar refractivity (Wildman–Crippen MR) is 98.1 cm³/mol. The van der Waals surface area contributed by atoms with Crippen LogP contribution in [0.5, 0.6) is 0 Å². The van der Waals surface area contributed by atoms with Gasteiger partial charge >= 0.3 is 6.15 Å². The molecule has 0 aromatic heterocycles. The largest absolute Gasteiger partial charge is 0.373 e. The summed E-state index contributed by atoms with van der Waals surface area (Å²) in [7, 11) is 0. The lowest BCUT2D eigenvalue weighted by molar-refractivity contribution is -0.191. The number of hydrogen-bond donors (Lipinski definition) is 1. The molecule has 25 heavy (non-hydrogen) atoms. The molecule has 0 unspecified atom stereocenters. The van der Waals surface area contributed by atoms with Crippen molar-refractivity contribution in [3.05, 3.63) is 65.7 Å². The zero-order chi connectivity index (χ0) is 18.3. The zero-order valence-corrected chi connectivity index (χ0v) is 14.7. The summed E-state index contributed by atoms with van der Waals surface area (Å²) in [5.74, 6) is -0.0221. The Labute approximate surface area is 149 Å². The van der Waals surface area contributed by atoms with Gasteiger partial charge in [-0.25, -0.2) is 0 Å². The third-order valence-electron chi connectivity index (χ3n) is 3.80. The Bertz CT molecular complexity index is 645. The Morgan fingerprint density at radius 2 is 1.28 bits per heavy atom. The Morgan fingerprint density at radius 1 is 0.800 bits per heavy atom. The molecule has 2 aromatic rings. The van der Waals surface area contributed by atoms with Crippen molar-refractivity contribution in [3.63, 3.8) is 0 Å². The molecule has 0 bridgehead atoms. The van der Waals surface area contributed by atoms with Gasteiger partial charge in [0.25, 0.3) is 0 Å². The minimum absolute atomic E-state index is 0.0221. The maximum atomic E-state index is 11.0. The molecule has 0 saturated heterocycles. The molecule has 0 heterocycles. The molecular formula is C21H25NO3. The van der Waals surface area contributed by atoms with E-state index < -0.39 is 0 Å². The van der Waals surface area contributed by atoms with Crippen LogP contribution in [0, 0.1) is 0 Å². The molecule has 1 N–H and O–H groups in total. The van der Waals surface area contributed by atoms with Gasteiger partial charge < -0.3 is 5.32 Å². The Morgan fingerprint density at radius 3 is 1.76 bits per heavy atom. The normalized spacial score (nSPS) is 9.48. The highest BCUT2D eigenvalue weighted by atomic mass is 16.2. The second kappa shape index (κ2) is 12.7. The molecule has 0 fully saturated rings. The third-order valence-corrected chi connectivity index (χ3v) is 3.80. The molecule has 0 radical (unpaired) electrons. The molecule has 1 amide bonds. The molecule has 2 aromatic carbocycles. The first-order chi connectivity index (χ1) is 12.2. The monoisotopic (exact) mass is 339 g/mol. The predicted octanol–water partition coefficient (Wildman–Crippen LogP) is 4.41. The molecular weight excluding hydrogens is 314 g/mol. The van der Waals surface area contributed by atoms with Crippen LogP contribution in [-0.2, 0) is 27.2 Å². The quantitative estimate of drug-likeness (QED) is 0.725. The minimum Gasteiger partial charge on any atom is -0.326 e. The highest BCUT2D eigenvalue weighted by Crippen LogP contribution is 2.13. The van der Waals surface area contributed by atoms with Gasteiger partial charge in [-0.1, -0.05) is 55.3 Å². The van der Waals surface area contributed by atoms with Crippen LogP contribution in [0.1, 0.15) is 43.7 Å². The van der Waals surface area contributed by atoms with Crippen molar-refractivity contribution in [1.82, 2.24) is 0 Å². The van der Waals surface area contributed by atoms with Crippen LogP contribution in [-0.4, -0.2) is 12.1 Å². The fourth-order valence-corrected chi connectivity index (χ4v) is 2.61. The Balaban J connectivity index is 0.000000970. The highest BCUT2D eigenvalue weighted by Gasteiger charge is 1.98. The van der Waals surface area contributed by atoms with Gasteiger partial charge in [-0.15, -0.1) is 0 Å². The summed E-state index contributed by atoms with van der Waals surface area (Å²) in [6.07, 6.45) is 7.62. The number of unbranched alkanes of at least 4 members (excludes halogenated alkanes) is 3. The summed E-state index contributed by atoms with van der Waals surface area (Å²) in [5, 5.41) is 2.79. The van der Waals surface area contributed by atoms with Crippen molar-refractivity contribution in [2.24, 2.45) is 0 Å². The lowest BCUT2D eigenvalue weighted by Crippen LogP contribution is -2.05. The van der Waals surface area contributed by atoms with Crippen LogP contribution in [0.15, 0.2) is 54.6 Å². The van der Waals surface area contributed by atoms with Gasteiger partial charge in [0.05, 0.1) is 0 Å². The molecule has 132 valence electrons. The van der Waals surface area contributed by atoms with E-state index in [-0.39, 0.29) is 12.1 Å². The number of benzene rings is 2. The summed E-state index contributed by atoms with van der Waals surface area (Å²) >= 11 is 0. The van der Waals surface area contributed by atoms with Crippen molar-refractivity contribution in [1.29, 1.82) is 0 Å². The molecule has 0 spiro atoms. The van der Waals surface area contributed by atoms with Crippen molar-refractivity contribution >= 4 is 17.7 Å². The van der Waals surface area contributed by atoms with Crippen LogP contribution in [0.2, 0.25) is 0 Å². The topological polar surface area (TPSA) is 63.2 Å². The lowest BCUT2D eigenvalue weighted by atomic mass is 10.0. The molecule has 2 rings (SSSR count). The molecule has 0 atom stereocenters. The van der Waals surface area contributed by atoms with Crippen molar-refractivity contribution < 1.29 is 14.4 Å². The average molecular weight is 339 g/mol. The van der Waals surface area contributed by atoms with E-state index in [1.54, 1.807) is 0 Å². The van der Waals surface area contributed by atoms with E-state index in [0.717, 1.165) is 12.1 Å². The highest BCUT2D eigenvalue weighted by molar-refractivity contribution is 5.88. The van der Waals surface area contributed by atoms with Gasteiger partial charge in [-0.05, 0) is 48.9 Å². The van der Waals surface area contributed by atoms with Gasteiger partial charge in [-0.2, -0.15) is 9.59 Å². The maximum absolute atomic E-state index is 11.0. The van der Waals surface area contributed by atoms with Gasteiger partial charge in [0.15, 0.2) is 0 Å². The second-order valence-electron chi connectivity index (χ2n) is 5.86. The summed E-state index contributed by atoms with van der Waals surface area (Å²) in [6.45, 7) is 1.53. The molecule has 4 heteroatoms. The Kier molecular flexibility index (Phi) is 10.3. The Hall–Kier alpha value is -2.71. The summed E-state index contributed by atoms with van der Waals surface area (Å²) in [4.78, 5) is 27.2. The zero-order valence-electron chi connectivity index (χ0n) is 14.7. The number of anilines is 1. The minimum atomic E-state index is -0.0221. The smallest absolute Gasteiger partial charge is 0.326 e. The van der Waals surface area contributed by atoms with E-state index in [1.807, 2.05) is 12.1 Å².